The summed E-state index contributed by atoms with van der Waals surface area (Å²) >= 11 is 0. The fourth-order valence-corrected chi connectivity index (χ4v) is 2.59. The molecule has 0 aromatic heterocycles. The molecule has 0 saturated carbocycles. The molecule has 0 aliphatic heterocycles. The summed E-state index contributed by atoms with van der Waals surface area (Å²) in [5.41, 5.74) is 2.22. The molecule has 0 bridgehead atoms. The lowest BCUT2D eigenvalue weighted by Crippen LogP contribution is -2.33. The Hall–Kier alpha value is -2.86. The van der Waals surface area contributed by atoms with Crippen molar-refractivity contribution in [3.05, 3.63) is 65.7 Å². The zero-order valence-electron chi connectivity index (χ0n) is 16.1. The lowest BCUT2D eigenvalue weighted by Gasteiger charge is -2.21. The van der Waals surface area contributed by atoms with Crippen molar-refractivity contribution in [3.63, 3.8) is 0 Å². The summed E-state index contributed by atoms with van der Waals surface area (Å²) in [7, 11) is 5.09. The molecule has 144 valence electrons. The van der Waals surface area contributed by atoms with Gasteiger partial charge >= 0.3 is 6.03 Å². The zero-order chi connectivity index (χ0) is 19.8. The van der Waals surface area contributed by atoms with Crippen molar-refractivity contribution in [2.24, 2.45) is 0 Å². The van der Waals surface area contributed by atoms with Gasteiger partial charge in [-0.2, -0.15) is 0 Å². The highest BCUT2D eigenvalue weighted by Gasteiger charge is 2.15. The number of carbonyl (C=O) groups is 2. The molecule has 27 heavy (non-hydrogen) atoms. The van der Waals surface area contributed by atoms with E-state index in [0.717, 1.165) is 11.1 Å². The number of benzene rings is 2. The van der Waals surface area contributed by atoms with E-state index in [-0.39, 0.29) is 18.4 Å². The molecular formula is C21H27N3O3. The predicted molar refractivity (Wildman–Crippen MR) is 107 cm³/mol. The van der Waals surface area contributed by atoms with Crippen LogP contribution in [-0.4, -0.2) is 54.5 Å². The number of nitrogens with one attached hydrogen (secondary N) is 1. The van der Waals surface area contributed by atoms with Gasteiger partial charge in [0, 0.05) is 33.4 Å². The molecule has 1 unspecified atom stereocenters. The van der Waals surface area contributed by atoms with Crippen LogP contribution >= 0.6 is 0 Å². The fourth-order valence-electron chi connectivity index (χ4n) is 2.59. The Bertz CT molecular complexity index is 762. The van der Waals surface area contributed by atoms with Crippen molar-refractivity contribution in [2.45, 2.75) is 18.9 Å². The van der Waals surface area contributed by atoms with Gasteiger partial charge in [0.1, 0.15) is 0 Å². The monoisotopic (exact) mass is 369 g/mol. The van der Waals surface area contributed by atoms with Crippen LogP contribution in [0.25, 0.3) is 0 Å². The number of hydrogen-bond donors (Lipinski definition) is 2. The fraction of sp³-hybridized carbons (Fsp3) is 0.333. The van der Waals surface area contributed by atoms with Crippen LogP contribution in [0.2, 0.25) is 0 Å². The number of anilines is 1. The van der Waals surface area contributed by atoms with Gasteiger partial charge in [-0.25, -0.2) is 4.79 Å². The Kier molecular flexibility index (Phi) is 7.37. The van der Waals surface area contributed by atoms with Crippen molar-refractivity contribution in [1.82, 2.24) is 9.80 Å². The minimum absolute atomic E-state index is 0.0314. The highest BCUT2D eigenvalue weighted by Crippen LogP contribution is 2.18. The van der Waals surface area contributed by atoms with E-state index in [1.165, 1.54) is 9.80 Å². The molecule has 2 rings (SSSR count). The summed E-state index contributed by atoms with van der Waals surface area (Å²) in [6.45, 7) is 0.403. The maximum absolute atomic E-state index is 12.5. The van der Waals surface area contributed by atoms with Gasteiger partial charge in [0.2, 0.25) is 5.91 Å². The first kappa shape index (κ1) is 20.5. The predicted octanol–water partition coefficient (Wildman–Crippen LogP) is 2.90. The normalized spacial score (nSPS) is 11.6. The number of urea groups is 1. The molecule has 2 aromatic rings. The first-order valence-electron chi connectivity index (χ1n) is 8.91. The second kappa shape index (κ2) is 9.73. The third-order valence-corrected chi connectivity index (χ3v) is 4.37. The largest absolute Gasteiger partial charge is 0.388 e. The standard InChI is InChI=1S/C21H27N3O3/c1-23(2)20(26)15-17-11-7-8-12-18(17)22-21(27)24(3)14-13-19(25)16-9-5-4-6-10-16/h4-12,19,25H,13-15H2,1-3H3,(H,22,27). The molecule has 0 aliphatic carbocycles. The molecule has 0 radical (unpaired) electrons. The van der Waals surface area contributed by atoms with E-state index in [9.17, 15) is 14.7 Å². The summed E-state index contributed by atoms with van der Waals surface area (Å²) in [5.74, 6) is -0.0314. The van der Waals surface area contributed by atoms with Gasteiger partial charge in [-0.3, -0.25) is 4.79 Å². The molecule has 1 atom stereocenters. The lowest BCUT2D eigenvalue weighted by atomic mass is 10.1. The van der Waals surface area contributed by atoms with Gasteiger partial charge in [-0.1, -0.05) is 48.5 Å². The van der Waals surface area contributed by atoms with E-state index < -0.39 is 6.10 Å². The van der Waals surface area contributed by atoms with Crippen LogP contribution in [0.1, 0.15) is 23.7 Å². The van der Waals surface area contributed by atoms with E-state index in [4.69, 9.17) is 0 Å². The van der Waals surface area contributed by atoms with Gasteiger partial charge in [-0.15, -0.1) is 0 Å². The van der Waals surface area contributed by atoms with E-state index >= 15 is 0 Å². The first-order valence-corrected chi connectivity index (χ1v) is 8.91. The molecule has 0 aliphatic rings. The van der Waals surface area contributed by atoms with Gasteiger partial charge in [0.15, 0.2) is 0 Å². The van der Waals surface area contributed by atoms with Gasteiger partial charge in [0.05, 0.1) is 12.5 Å². The van der Waals surface area contributed by atoms with Crippen LogP contribution in [0.5, 0.6) is 0 Å². The highest BCUT2D eigenvalue weighted by molar-refractivity contribution is 5.91. The number of carbonyl (C=O) groups excluding carboxylic acids is 2. The van der Waals surface area contributed by atoms with Crippen molar-refractivity contribution in [3.8, 4) is 0 Å². The Morgan fingerprint density at radius 1 is 1.00 bits per heavy atom. The van der Waals surface area contributed by atoms with Crippen LogP contribution in [-0.2, 0) is 11.2 Å². The van der Waals surface area contributed by atoms with Crippen LogP contribution in [0.3, 0.4) is 0 Å². The molecule has 0 fully saturated rings. The summed E-state index contributed by atoms with van der Waals surface area (Å²) in [5, 5.41) is 13.1. The minimum Gasteiger partial charge on any atom is -0.388 e. The first-order chi connectivity index (χ1) is 12.9. The van der Waals surface area contributed by atoms with Gasteiger partial charge < -0.3 is 20.2 Å². The Morgan fingerprint density at radius 2 is 1.63 bits per heavy atom. The average Bonchev–Trinajstić information content (AvgIpc) is 2.67. The smallest absolute Gasteiger partial charge is 0.321 e. The lowest BCUT2D eigenvalue weighted by molar-refractivity contribution is -0.127. The number of aliphatic hydroxyl groups excluding tert-OH is 1. The second-order valence-electron chi connectivity index (χ2n) is 6.69. The summed E-state index contributed by atoms with van der Waals surface area (Å²) in [6, 6.07) is 16.4. The van der Waals surface area contributed by atoms with E-state index in [1.54, 1.807) is 27.2 Å². The van der Waals surface area contributed by atoms with Crippen LogP contribution < -0.4 is 5.32 Å². The minimum atomic E-state index is -0.619. The summed E-state index contributed by atoms with van der Waals surface area (Å²) in [6.07, 6.45) is 0.0423. The van der Waals surface area contributed by atoms with E-state index in [0.29, 0.717) is 18.7 Å². The number of nitrogens with zero attached hydrogens (tertiary/aromatic N) is 2. The molecule has 6 heteroatoms. The van der Waals surface area contributed by atoms with Gasteiger partial charge in [0.25, 0.3) is 0 Å². The molecule has 0 heterocycles. The maximum Gasteiger partial charge on any atom is 0.321 e. The number of likely N-dealkylation sites (N-methyl/N-ethyl adjacent to an activating group) is 1. The van der Waals surface area contributed by atoms with Crippen molar-refractivity contribution in [1.29, 1.82) is 0 Å². The summed E-state index contributed by atoms with van der Waals surface area (Å²) in [4.78, 5) is 27.5. The Morgan fingerprint density at radius 3 is 2.30 bits per heavy atom. The van der Waals surface area contributed by atoms with Crippen molar-refractivity contribution < 1.29 is 14.7 Å². The maximum atomic E-state index is 12.5. The molecule has 2 N–H and O–H groups in total. The molecule has 3 amide bonds. The number of amides is 3. The third-order valence-electron chi connectivity index (χ3n) is 4.37. The molecule has 0 saturated heterocycles. The van der Waals surface area contributed by atoms with Crippen molar-refractivity contribution in [2.75, 3.05) is 33.0 Å². The number of rotatable bonds is 7. The topological polar surface area (TPSA) is 72.9 Å². The highest BCUT2D eigenvalue weighted by atomic mass is 16.3. The summed E-state index contributed by atoms with van der Waals surface area (Å²) < 4.78 is 0. The number of para-hydroxylation sites is 1. The third kappa shape index (κ3) is 6.11. The van der Waals surface area contributed by atoms with Gasteiger partial charge in [-0.05, 0) is 23.6 Å². The van der Waals surface area contributed by atoms with E-state index in [2.05, 4.69) is 5.32 Å². The Balaban J connectivity index is 1.93. The number of hydrogen-bond acceptors (Lipinski definition) is 3. The molecule has 0 spiro atoms. The van der Waals surface area contributed by atoms with Crippen LogP contribution in [0, 0.1) is 0 Å². The quantitative estimate of drug-likeness (QED) is 0.788. The van der Waals surface area contributed by atoms with Crippen LogP contribution in [0.4, 0.5) is 10.5 Å². The van der Waals surface area contributed by atoms with E-state index in [1.807, 2.05) is 48.5 Å². The molecule has 2 aromatic carbocycles. The Labute approximate surface area is 160 Å². The zero-order valence-corrected chi connectivity index (χ0v) is 16.1. The molecular weight excluding hydrogens is 342 g/mol. The SMILES string of the molecule is CN(C)C(=O)Cc1ccccc1NC(=O)N(C)CCC(O)c1ccccc1. The van der Waals surface area contributed by atoms with Crippen LogP contribution in [0.15, 0.2) is 54.6 Å². The number of aliphatic hydroxyl groups is 1. The second-order valence-corrected chi connectivity index (χ2v) is 6.69. The average molecular weight is 369 g/mol. The van der Waals surface area contributed by atoms with Crippen molar-refractivity contribution >= 4 is 17.6 Å². The molecule has 6 nitrogen and oxygen atoms in total.